The number of unbranched alkanes of at least 4 members (excludes halogenated alkanes) is 2. The first-order chi connectivity index (χ1) is 17.1. The second kappa shape index (κ2) is 12.5. The topological polar surface area (TPSA) is 99.3 Å². The average Bonchev–Trinajstić information content (AvgIpc) is 3.38. The van der Waals surface area contributed by atoms with E-state index >= 15 is 0 Å². The number of H-pyrrole nitrogens is 1. The molecule has 4 rings (SSSR count). The Kier molecular flexibility index (Phi) is 8.86. The Labute approximate surface area is 206 Å². The third-order valence-electron chi connectivity index (χ3n) is 6.47. The summed E-state index contributed by atoms with van der Waals surface area (Å²) in [6.45, 7) is 3.22. The summed E-state index contributed by atoms with van der Waals surface area (Å²) in [7, 11) is 1.66. The Morgan fingerprint density at radius 3 is 2.66 bits per heavy atom. The van der Waals surface area contributed by atoms with Gasteiger partial charge in [0.15, 0.2) is 0 Å². The number of hydrogen-bond acceptors (Lipinski definition) is 5. The summed E-state index contributed by atoms with van der Waals surface area (Å²) in [4.78, 5) is 34.5. The molecule has 2 amide bonds. The second-order valence-electron chi connectivity index (χ2n) is 9.03. The Balaban J connectivity index is 1.43. The van der Waals surface area contributed by atoms with Crippen LogP contribution < -0.4 is 10.6 Å². The minimum atomic E-state index is -0.210. The van der Waals surface area contributed by atoms with E-state index in [1.165, 1.54) is 10.8 Å². The number of nitrogens with zero attached hydrogens (tertiary/aromatic N) is 2. The number of rotatable bonds is 11. The van der Waals surface area contributed by atoms with Crippen LogP contribution in [0.4, 0.5) is 0 Å². The predicted octanol–water partition coefficient (Wildman–Crippen LogP) is 3.42. The number of carbonyl (C=O) groups excluding carboxylic acids is 2. The van der Waals surface area contributed by atoms with Gasteiger partial charge >= 0.3 is 0 Å². The molecule has 0 bridgehead atoms. The maximum absolute atomic E-state index is 12.8. The molecule has 8 nitrogen and oxygen atoms in total. The van der Waals surface area contributed by atoms with Crippen LogP contribution in [0.5, 0.6) is 0 Å². The fourth-order valence-corrected chi connectivity index (χ4v) is 4.43. The van der Waals surface area contributed by atoms with Gasteiger partial charge in [-0.05, 0) is 29.7 Å². The highest BCUT2D eigenvalue weighted by molar-refractivity contribution is 5.86. The van der Waals surface area contributed by atoms with Crippen molar-refractivity contribution in [3.05, 3.63) is 54.5 Å². The van der Waals surface area contributed by atoms with Gasteiger partial charge < -0.3 is 20.4 Å². The van der Waals surface area contributed by atoms with E-state index in [0.717, 1.165) is 55.9 Å². The maximum Gasteiger partial charge on any atom is 0.234 e. The number of ether oxygens (including phenoxy) is 1. The average molecular weight is 478 g/mol. The molecule has 0 aliphatic carbocycles. The number of nitrogens with one attached hydrogen (secondary N) is 3. The van der Waals surface area contributed by atoms with Gasteiger partial charge in [0.25, 0.3) is 0 Å². The van der Waals surface area contributed by atoms with Gasteiger partial charge in [-0.3, -0.25) is 14.5 Å². The first kappa shape index (κ1) is 24.9. The first-order valence-corrected chi connectivity index (χ1v) is 12.5. The summed E-state index contributed by atoms with van der Waals surface area (Å²) >= 11 is 0. The number of carbonyl (C=O) groups is 2. The summed E-state index contributed by atoms with van der Waals surface area (Å²) in [5.41, 5.74) is 1.99. The first-order valence-electron chi connectivity index (χ1n) is 12.5. The number of imidazole rings is 1. The lowest BCUT2D eigenvalue weighted by Crippen LogP contribution is -2.44. The molecule has 1 aromatic heterocycles. The molecule has 3 aromatic rings. The molecule has 2 aromatic carbocycles. The zero-order valence-electron chi connectivity index (χ0n) is 20.4. The SMILES string of the molecule is CNC(=O)CCCCC[C@H](NC(=O)CN1CCOCC1)c1ncc(-c2ccc3ccccc3c2)[nH]1. The summed E-state index contributed by atoms with van der Waals surface area (Å²) in [5, 5.41) is 8.22. The zero-order chi connectivity index (χ0) is 24.5. The number of hydrogen-bond donors (Lipinski definition) is 3. The minimum absolute atomic E-state index is 0.00841. The van der Waals surface area contributed by atoms with Crippen LogP contribution in [0.15, 0.2) is 48.7 Å². The van der Waals surface area contributed by atoms with Crippen LogP contribution >= 0.6 is 0 Å². The van der Waals surface area contributed by atoms with E-state index in [1.807, 2.05) is 18.3 Å². The van der Waals surface area contributed by atoms with E-state index in [0.29, 0.717) is 26.2 Å². The number of aromatic nitrogens is 2. The summed E-state index contributed by atoms with van der Waals surface area (Å²) in [6, 6.07) is 14.4. The fourth-order valence-electron chi connectivity index (χ4n) is 4.43. The second-order valence-corrected chi connectivity index (χ2v) is 9.03. The van der Waals surface area contributed by atoms with Crippen molar-refractivity contribution in [2.45, 2.75) is 38.1 Å². The van der Waals surface area contributed by atoms with E-state index < -0.39 is 0 Å². The van der Waals surface area contributed by atoms with Crippen LogP contribution in [-0.4, -0.2) is 66.6 Å². The van der Waals surface area contributed by atoms with Crippen LogP contribution in [0.2, 0.25) is 0 Å². The van der Waals surface area contributed by atoms with Crippen molar-refractivity contribution in [3.63, 3.8) is 0 Å². The highest BCUT2D eigenvalue weighted by Gasteiger charge is 2.21. The van der Waals surface area contributed by atoms with Crippen molar-refractivity contribution >= 4 is 22.6 Å². The molecule has 2 heterocycles. The van der Waals surface area contributed by atoms with E-state index in [-0.39, 0.29) is 17.9 Å². The number of aromatic amines is 1. The lowest BCUT2D eigenvalue weighted by atomic mass is 10.1. The summed E-state index contributed by atoms with van der Waals surface area (Å²) in [6.07, 6.45) is 5.76. The predicted molar refractivity (Wildman–Crippen MR) is 137 cm³/mol. The molecule has 1 aliphatic heterocycles. The van der Waals surface area contributed by atoms with Gasteiger partial charge in [0.05, 0.1) is 37.7 Å². The molecule has 0 saturated carbocycles. The molecule has 3 N–H and O–H groups in total. The van der Waals surface area contributed by atoms with Crippen molar-refractivity contribution in [2.75, 3.05) is 39.9 Å². The third kappa shape index (κ3) is 7.13. The van der Waals surface area contributed by atoms with Gasteiger partial charge in [-0.1, -0.05) is 49.2 Å². The molecule has 0 radical (unpaired) electrons. The van der Waals surface area contributed by atoms with Crippen molar-refractivity contribution in [2.24, 2.45) is 0 Å². The van der Waals surface area contributed by atoms with Crippen molar-refractivity contribution in [1.82, 2.24) is 25.5 Å². The van der Waals surface area contributed by atoms with Gasteiger partial charge in [-0.2, -0.15) is 0 Å². The van der Waals surface area contributed by atoms with Gasteiger partial charge in [0, 0.05) is 32.1 Å². The number of fused-ring (bicyclic) bond motifs is 1. The van der Waals surface area contributed by atoms with Crippen molar-refractivity contribution in [1.29, 1.82) is 0 Å². The van der Waals surface area contributed by atoms with E-state index in [9.17, 15) is 9.59 Å². The van der Waals surface area contributed by atoms with Gasteiger partial charge in [0.2, 0.25) is 11.8 Å². The van der Waals surface area contributed by atoms with Crippen LogP contribution in [0.1, 0.15) is 44.0 Å². The largest absolute Gasteiger partial charge is 0.379 e. The lowest BCUT2D eigenvalue weighted by Gasteiger charge is -2.26. The number of amides is 2. The molecule has 0 unspecified atom stereocenters. The molecule has 186 valence electrons. The van der Waals surface area contributed by atoms with Gasteiger partial charge in [0.1, 0.15) is 5.82 Å². The standard InChI is InChI=1S/C27H35N5O3/c1-28-25(33)10-4-2-3-9-23(30-26(34)19-32-13-15-35-16-14-32)27-29-18-24(31-27)22-12-11-20-7-5-6-8-21(20)17-22/h5-8,11-12,17-18,23H,2-4,9-10,13-16,19H2,1H3,(H,28,33)(H,29,31)(H,30,34)/t23-/m0/s1. The van der Waals surface area contributed by atoms with Gasteiger partial charge in [-0.25, -0.2) is 4.98 Å². The normalized spacial score (nSPS) is 15.1. The highest BCUT2D eigenvalue weighted by atomic mass is 16.5. The van der Waals surface area contributed by atoms with Crippen LogP contribution in [0.25, 0.3) is 22.0 Å². The number of morpholine rings is 1. The molecule has 0 spiro atoms. The highest BCUT2D eigenvalue weighted by Crippen LogP contribution is 2.25. The lowest BCUT2D eigenvalue weighted by molar-refractivity contribution is -0.124. The summed E-state index contributed by atoms with van der Waals surface area (Å²) in [5.74, 6) is 0.812. The molecular formula is C27H35N5O3. The van der Waals surface area contributed by atoms with Crippen LogP contribution in [-0.2, 0) is 14.3 Å². The third-order valence-corrected chi connectivity index (χ3v) is 6.47. The van der Waals surface area contributed by atoms with Crippen molar-refractivity contribution in [3.8, 4) is 11.3 Å². The Morgan fingerprint density at radius 2 is 1.86 bits per heavy atom. The van der Waals surface area contributed by atoms with E-state index in [1.54, 1.807) is 7.05 Å². The fraction of sp³-hybridized carbons (Fsp3) is 0.444. The molecule has 35 heavy (non-hydrogen) atoms. The smallest absolute Gasteiger partial charge is 0.234 e. The molecule has 1 aliphatic rings. The Bertz CT molecular complexity index is 1120. The van der Waals surface area contributed by atoms with Crippen LogP contribution in [0.3, 0.4) is 0 Å². The summed E-state index contributed by atoms with van der Waals surface area (Å²) < 4.78 is 5.39. The monoisotopic (exact) mass is 477 g/mol. The van der Waals surface area contributed by atoms with Gasteiger partial charge in [-0.15, -0.1) is 0 Å². The van der Waals surface area contributed by atoms with E-state index in [4.69, 9.17) is 4.74 Å². The number of benzene rings is 2. The van der Waals surface area contributed by atoms with E-state index in [2.05, 4.69) is 55.8 Å². The quantitative estimate of drug-likeness (QED) is 0.368. The Hall–Kier alpha value is -3.23. The molecular weight excluding hydrogens is 442 g/mol. The van der Waals surface area contributed by atoms with Crippen LogP contribution in [0, 0.1) is 0 Å². The molecule has 1 atom stereocenters. The molecule has 1 fully saturated rings. The Morgan fingerprint density at radius 1 is 1.06 bits per heavy atom. The molecule has 8 heteroatoms. The maximum atomic E-state index is 12.8. The zero-order valence-corrected chi connectivity index (χ0v) is 20.4. The minimum Gasteiger partial charge on any atom is -0.379 e. The van der Waals surface area contributed by atoms with Crippen molar-refractivity contribution < 1.29 is 14.3 Å². The molecule has 1 saturated heterocycles.